The minimum Gasteiger partial charge on any atom is -0.435 e. The van der Waals surface area contributed by atoms with Crippen molar-refractivity contribution in [2.24, 2.45) is 0 Å². The Kier molecular flexibility index (Phi) is 4.34. The van der Waals surface area contributed by atoms with E-state index in [-0.39, 0.29) is 18.3 Å². The van der Waals surface area contributed by atoms with Gasteiger partial charge in [-0.15, -0.1) is 0 Å². The molecule has 23 heavy (non-hydrogen) atoms. The van der Waals surface area contributed by atoms with E-state index < -0.39 is 0 Å². The minimum absolute atomic E-state index is 0.148. The van der Waals surface area contributed by atoms with Crippen LogP contribution < -0.4 is 10.2 Å². The lowest BCUT2D eigenvalue weighted by Gasteiger charge is -2.11. The van der Waals surface area contributed by atoms with Crippen LogP contribution in [0.2, 0.25) is 0 Å². The van der Waals surface area contributed by atoms with Crippen molar-refractivity contribution in [1.82, 2.24) is 4.98 Å². The summed E-state index contributed by atoms with van der Waals surface area (Å²) in [6, 6.07) is 13.2. The van der Waals surface area contributed by atoms with Crippen LogP contribution in [0.1, 0.15) is 5.89 Å². The molecule has 0 aliphatic heterocycles. The molecule has 1 aromatic heterocycles. The number of carbonyl (C=O) groups excluding carboxylic acids is 1. The van der Waals surface area contributed by atoms with Gasteiger partial charge >= 0.3 is 0 Å². The van der Waals surface area contributed by atoms with E-state index in [0.717, 1.165) is 16.0 Å². The van der Waals surface area contributed by atoms with E-state index in [9.17, 15) is 9.18 Å². The van der Waals surface area contributed by atoms with Gasteiger partial charge in [-0.2, -0.15) is 0 Å². The average molecular weight is 314 g/mol. The molecule has 1 heterocycles. The number of likely N-dealkylation sites (N-methyl/N-ethyl adjacent to an activating group) is 1. The molecule has 5 nitrogen and oxygen atoms in total. The van der Waals surface area contributed by atoms with E-state index >= 15 is 0 Å². The molecule has 1 unspecified atom stereocenters. The van der Waals surface area contributed by atoms with E-state index in [4.69, 9.17) is 4.42 Å². The van der Waals surface area contributed by atoms with Gasteiger partial charge in [0.05, 0.1) is 7.05 Å². The fraction of sp³-hybridized carbons (Fsp3) is 0.176. The number of oxazole rings is 1. The molecule has 0 spiro atoms. The predicted octanol–water partition coefficient (Wildman–Crippen LogP) is 1.62. The first-order valence-corrected chi connectivity index (χ1v) is 7.31. The lowest BCUT2D eigenvalue weighted by molar-refractivity contribution is -0.886. The van der Waals surface area contributed by atoms with Gasteiger partial charge in [0.25, 0.3) is 11.8 Å². The summed E-state index contributed by atoms with van der Waals surface area (Å²) in [5, 5.41) is 2.73. The molecular weight excluding hydrogens is 297 g/mol. The Balaban J connectivity index is 1.56. The smallest absolute Gasteiger partial charge is 0.279 e. The number of para-hydroxylation sites is 2. The fourth-order valence-corrected chi connectivity index (χ4v) is 2.33. The van der Waals surface area contributed by atoms with Gasteiger partial charge in [-0.1, -0.05) is 12.1 Å². The van der Waals surface area contributed by atoms with Crippen molar-refractivity contribution in [1.29, 1.82) is 0 Å². The third kappa shape index (κ3) is 3.92. The molecule has 0 aliphatic carbocycles. The number of halogens is 1. The first-order valence-electron chi connectivity index (χ1n) is 7.31. The first kappa shape index (κ1) is 15.2. The molecule has 1 atom stereocenters. The summed E-state index contributed by atoms with van der Waals surface area (Å²) >= 11 is 0. The Morgan fingerprint density at radius 2 is 1.96 bits per heavy atom. The molecule has 0 aliphatic rings. The number of rotatable bonds is 5. The van der Waals surface area contributed by atoms with Crippen molar-refractivity contribution in [3.05, 3.63) is 60.2 Å². The van der Waals surface area contributed by atoms with Gasteiger partial charge in [0, 0.05) is 5.69 Å². The quantitative estimate of drug-likeness (QED) is 0.752. The molecule has 118 valence electrons. The monoisotopic (exact) mass is 314 g/mol. The zero-order valence-electron chi connectivity index (χ0n) is 12.7. The van der Waals surface area contributed by atoms with Crippen LogP contribution in [0.4, 0.5) is 10.1 Å². The lowest BCUT2D eigenvalue weighted by atomic mass is 10.3. The molecule has 3 rings (SSSR count). The van der Waals surface area contributed by atoms with Crippen LogP contribution in [0, 0.1) is 5.82 Å². The molecule has 0 fully saturated rings. The maximum absolute atomic E-state index is 12.8. The number of carbonyl (C=O) groups is 1. The Bertz CT molecular complexity index is 781. The Morgan fingerprint density at radius 1 is 1.22 bits per heavy atom. The van der Waals surface area contributed by atoms with Gasteiger partial charge in [0.1, 0.15) is 11.3 Å². The van der Waals surface area contributed by atoms with Gasteiger partial charge in [-0.25, -0.2) is 9.37 Å². The van der Waals surface area contributed by atoms with Gasteiger partial charge in [-0.3, -0.25) is 4.79 Å². The SMILES string of the molecule is C[NH+](CC(=O)Nc1ccc(F)cc1)Cc1nc2ccccc2o1. The number of aromatic nitrogens is 1. The standard InChI is InChI=1S/C17H16FN3O2/c1-21(10-16(22)19-13-8-6-12(18)7-9-13)11-17-20-14-4-2-3-5-15(14)23-17/h2-9H,10-11H2,1H3,(H,19,22)/p+1. The number of anilines is 1. The molecule has 1 amide bonds. The average Bonchev–Trinajstić information content (AvgIpc) is 2.91. The highest BCUT2D eigenvalue weighted by Gasteiger charge is 2.14. The van der Waals surface area contributed by atoms with Crippen LogP contribution in [0.25, 0.3) is 11.1 Å². The molecular formula is C17H17FN3O2+. The highest BCUT2D eigenvalue weighted by Crippen LogP contribution is 2.13. The molecule has 6 heteroatoms. The van der Waals surface area contributed by atoms with Crippen molar-refractivity contribution in [2.75, 3.05) is 18.9 Å². The molecule has 0 saturated carbocycles. The van der Waals surface area contributed by atoms with Crippen LogP contribution >= 0.6 is 0 Å². The molecule has 0 saturated heterocycles. The number of quaternary nitrogens is 1. The number of fused-ring (bicyclic) bond motifs is 1. The minimum atomic E-state index is -0.332. The number of hydrogen-bond acceptors (Lipinski definition) is 3. The number of benzene rings is 2. The highest BCUT2D eigenvalue weighted by molar-refractivity contribution is 5.91. The Labute approximate surface area is 132 Å². The number of amides is 1. The Morgan fingerprint density at radius 3 is 2.70 bits per heavy atom. The summed E-state index contributed by atoms with van der Waals surface area (Å²) in [5.41, 5.74) is 2.13. The normalized spacial score (nSPS) is 12.3. The maximum Gasteiger partial charge on any atom is 0.279 e. The first-order chi connectivity index (χ1) is 11.1. The van der Waals surface area contributed by atoms with Crippen LogP contribution in [-0.2, 0) is 11.3 Å². The Hall–Kier alpha value is -2.73. The van der Waals surface area contributed by atoms with Crippen molar-refractivity contribution in [3.8, 4) is 0 Å². The van der Waals surface area contributed by atoms with Gasteiger partial charge in [-0.05, 0) is 36.4 Å². The fourth-order valence-electron chi connectivity index (χ4n) is 2.33. The second-order valence-electron chi connectivity index (χ2n) is 5.44. The molecule has 0 radical (unpaired) electrons. The summed E-state index contributed by atoms with van der Waals surface area (Å²) in [4.78, 5) is 17.3. The van der Waals surface area contributed by atoms with Crippen LogP contribution in [-0.4, -0.2) is 24.5 Å². The lowest BCUT2D eigenvalue weighted by Crippen LogP contribution is -3.08. The summed E-state index contributed by atoms with van der Waals surface area (Å²) in [6.45, 7) is 0.765. The number of hydrogen-bond donors (Lipinski definition) is 2. The largest absolute Gasteiger partial charge is 0.435 e. The van der Waals surface area contributed by atoms with Crippen molar-refractivity contribution in [3.63, 3.8) is 0 Å². The summed E-state index contributed by atoms with van der Waals surface area (Å²) in [5.74, 6) is 0.116. The van der Waals surface area contributed by atoms with Crippen molar-refractivity contribution >= 4 is 22.7 Å². The summed E-state index contributed by atoms with van der Waals surface area (Å²) in [6.07, 6.45) is 0. The molecule has 0 bridgehead atoms. The topological polar surface area (TPSA) is 59.6 Å². The number of nitrogens with one attached hydrogen (secondary N) is 2. The maximum atomic E-state index is 12.8. The van der Waals surface area contributed by atoms with Crippen molar-refractivity contribution in [2.45, 2.75) is 6.54 Å². The van der Waals surface area contributed by atoms with Crippen LogP contribution in [0.3, 0.4) is 0 Å². The predicted molar refractivity (Wildman–Crippen MR) is 84.5 cm³/mol. The van der Waals surface area contributed by atoms with E-state index in [0.29, 0.717) is 18.1 Å². The zero-order chi connectivity index (χ0) is 16.2. The van der Waals surface area contributed by atoms with Crippen molar-refractivity contribution < 1.29 is 18.5 Å². The van der Waals surface area contributed by atoms with Gasteiger partial charge in [0.2, 0.25) is 0 Å². The zero-order valence-corrected chi connectivity index (χ0v) is 12.7. The summed E-state index contributed by atoms with van der Waals surface area (Å²) < 4.78 is 18.5. The second kappa shape index (κ2) is 6.58. The molecule has 2 N–H and O–H groups in total. The molecule has 3 aromatic rings. The third-order valence-corrected chi connectivity index (χ3v) is 3.38. The van der Waals surface area contributed by atoms with E-state index in [1.807, 2.05) is 31.3 Å². The van der Waals surface area contributed by atoms with Crippen LogP contribution in [0.15, 0.2) is 52.9 Å². The number of nitrogens with zero attached hydrogens (tertiary/aromatic N) is 1. The van der Waals surface area contributed by atoms with Crippen LogP contribution in [0.5, 0.6) is 0 Å². The van der Waals surface area contributed by atoms with E-state index in [1.54, 1.807) is 0 Å². The van der Waals surface area contributed by atoms with Gasteiger partial charge < -0.3 is 14.6 Å². The highest BCUT2D eigenvalue weighted by atomic mass is 19.1. The second-order valence-corrected chi connectivity index (χ2v) is 5.44. The third-order valence-electron chi connectivity index (χ3n) is 3.38. The van der Waals surface area contributed by atoms with E-state index in [1.165, 1.54) is 24.3 Å². The molecule has 2 aromatic carbocycles. The summed E-state index contributed by atoms with van der Waals surface area (Å²) in [7, 11) is 1.89. The van der Waals surface area contributed by atoms with E-state index in [2.05, 4.69) is 10.3 Å². The van der Waals surface area contributed by atoms with Gasteiger partial charge in [0.15, 0.2) is 18.7 Å².